The van der Waals surface area contributed by atoms with Crippen LogP contribution in [0.15, 0.2) is 18.2 Å². The van der Waals surface area contributed by atoms with Crippen molar-refractivity contribution in [1.29, 1.82) is 0 Å². The van der Waals surface area contributed by atoms with Gasteiger partial charge in [-0.3, -0.25) is 0 Å². The number of benzene rings is 1. The van der Waals surface area contributed by atoms with Crippen molar-refractivity contribution in [2.24, 2.45) is 5.73 Å². The lowest BCUT2D eigenvalue weighted by Crippen LogP contribution is -2.11. The highest BCUT2D eigenvalue weighted by Gasteiger charge is 2.07. The fraction of sp³-hybridized carbons (Fsp3) is 0.500. The maximum Gasteiger partial charge on any atom is 0.0800 e. The van der Waals surface area contributed by atoms with E-state index in [0.717, 1.165) is 0 Å². The van der Waals surface area contributed by atoms with E-state index in [9.17, 15) is 0 Å². The molecule has 0 aliphatic heterocycles. The van der Waals surface area contributed by atoms with Gasteiger partial charge in [-0.1, -0.05) is 23.8 Å². The van der Waals surface area contributed by atoms with Crippen molar-refractivity contribution < 1.29 is 4.74 Å². The van der Waals surface area contributed by atoms with Gasteiger partial charge in [-0.25, -0.2) is 0 Å². The van der Waals surface area contributed by atoms with Gasteiger partial charge in [-0.2, -0.15) is 0 Å². The summed E-state index contributed by atoms with van der Waals surface area (Å²) in [7, 11) is 0. The monoisotopic (exact) mass is 193 g/mol. The number of ether oxygens (including phenoxy) is 1. The molecule has 1 atom stereocenters. The van der Waals surface area contributed by atoms with Gasteiger partial charge in [-0.05, 0) is 31.9 Å². The zero-order chi connectivity index (χ0) is 10.6. The van der Waals surface area contributed by atoms with E-state index in [0.29, 0.717) is 13.2 Å². The number of hydrogen-bond donors (Lipinski definition) is 1. The molecule has 2 N–H and O–H groups in total. The summed E-state index contributed by atoms with van der Waals surface area (Å²) < 4.78 is 5.57. The van der Waals surface area contributed by atoms with E-state index < -0.39 is 0 Å². The van der Waals surface area contributed by atoms with Crippen LogP contribution >= 0.6 is 0 Å². The topological polar surface area (TPSA) is 35.2 Å². The Bertz CT molecular complexity index is 296. The van der Waals surface area contributed by atoms with Crippen molar-refractivity contribution >= 4 is 0 Å². The highest BCUT2D eigenvalue weighted by atomic mass is 16.5. The third kappa shape index (κ3) is 2.82. The summed E-state index contributed by atoms with van der Waals surface area (Å²) in [5, 5.41) is 0. The molecule has 14 heavy (non-hydrogen) atoms. The Hall–Kier alpha value is -0.860. The molecule has 0 aliphatic carbocycles. The van der Waals surface area contributed by atoms with Crippen LogP contribution in [0.3, 0.4) is 0 Å². The fourth-order valence-electron chi connectivity index (χ4n) is 1.62. The summed E-state index contributed by atoms with van der Waals surface area (Å²) in [4.78, 5) is 0. The van der Waals surface area contributed by atoms with E-state index in [-0.39, 0.29) is 6.10 Å². The van der Waals surface area contributed by atoms with Crippen LogP contribution in [0.1, 0.15) is 29.7 Å². The van der Waals surface area contributed by atoms with Gasteiger partial charge in [0.25, 0.3) is 0 Å². The van der Waals surface area contributed by atoms with Crippen LogP contribution in [0.2, 0.25) is 0 Å². The average Bonchev–Trinajstić information content (AvgIpc) is 2.14. The lowest BCUT2D eigenvalue weighted by atomic mass is 10.0. The first-order valence-corrected chi connectivity index (χ1v) is 5.04. The molecule has 0 fully saturated rings. The molecule has 78 valence electrons. The number of aryl methyl sites for hydroxylation is 2. The summed E-state index contributed by atoms with van der Waals surface area (Å²) in [5.74, 6) is 0. The summed E-state index contributed by atoms with van der Waals surface area (Å²) in [6.07, 6.45) is 0.138. The zero-order valence-electron chi connectivity index (χ0n) is 9.21. The number of hydrogen-bond acceptors (Lipinski definition) is 2. The molecule has 0 saturated heterocycles. The minimum atomic E-state index is 0.138. The summed E-state index contributed by atoms with van der Waals surface area (Å²) >= 11 is 0. The molecule has 0 amide bonds. The predicted octanol–water partition coefficient (Wildman–Crippen LogP) is 2.34. The number of rotatable bonds is 4. The largest absolute Gasteiger partial charge is 0.372 e. The Morgan fingerprint density at radius 3 is 2.64 bits per heavy atom. The average molecular weight is 193 g/mol. The molecule has 2 nitrogen and oxygen atoms in total. The lowest BCUT2D eigenvalue weighted by Gasteiger charge is -2.15. The molecular formula is C12H19NO. The Balaban J connectivity index is 2.74. The van der Waals surface area contributed by atoms with E-state index in [4.69, 9.17) is 10.5 Å². The first-order chi connectivity index (χ1) is 6.65. The summed E-state index contributed by atoms with van der Waals surface area (Å²) in [5.41, 5.74) is 9.22. The van der Waals surface area contributed by atoms with Gasteiger partial charge in [0, 0.05) is 6.54 Å². The van der Waals surface area contributed by atoms with Gasteiger partial charge in [0.2, 0.25) is 0 Å². The SMILES string of the molecule is Cc1ccc(C(C)OCCN)c(C)c1. The van der Waals surface area contributed by atoms with Crippen LogP contribution in [0.5, 0.6) is 0 Å². The van der Waals surface area contributed by atoms with Crippen LogP contribution in [0.25, 0.3) is 0 Å². The second kappa shape index (κ2) is 5.13. The molecule has 1 aromatic rings. The molecule has 1 aromatic carbocycles. The first kappa shape index (κ1) is 11.2. The van der Waals surface area contributed by atoms with E-state index in [1.165, 1.54) is 16.7 Å². The van der Waals surface area contributed by atoms with Gasteiger partial charge < -0.3 is 10.5 Å². The molecular weight excluding hydrogens is 174 g/mol. The Morgan fingerprint density at radius 2 is 2.07 bits per heavy atom. The minimum absolute atomic E-state index is 0.138. The van der Waals surface area contributed by atoms with Crippen LogP contribution in [-0.4, -0.2) is 13.2 Å². The minimum Gasteiger partial charge on any atom is -0.372 e. The molecule has 0 heterocycles. The zero-order valence-corrected chi connectivity index (χ0v) is 9.21. The first-order valence-electron chi connectivity index (χ1n) is 5.04. The molecule has 0 aliphatic rings. The maximum atomic E-state index is 5.57. The van der Waals surface area contributed by atoms with Crippen molar-refractivity contribution in [3.05, 3.63) is 34.9 Å². The van der Waals surface area contributed by atoms with E-state index in [1.807, 2.05) is 0 Å². The van der Waals surface area contributed by atoms with Gasteiger partial charge in [-0.15, -0.1) is 0 Å². The molecule has 1 rings (SSSR count). The van der Waals surface area contributed by atoms with Crippen molar-refractivity contribution in [2.45, 2.75) is 26.9 Å². The van der Waals surface area contributed by atoms with Crippen LogP contribution in [0, 0.1) is 13.8 Å². The standard InChI is InChI=1S/C12H19NO/c1-9-4-5-12(10(2)8-9)11(3)14-7-6-13/h4-5,8,11H,6-7,13H2,1-3H3. The quantitative estimate of drug-likeness (QED) is 0.796. The van der Waals surface area contributed by atoms with Gasteiger partial charge in [0.15, 0.2) is 0 Å². The van der Waals surface area contributed by atoms with Crippen LogP contribution < -0.4 is 5.73 Å². The lowest BCUT2D eigenvalue weighted by molar-refractivity contribution is 0.0714. The smallest absolute Gasteiger partial charge is 0.0800 e. The van der Waals surface area contributed by atoms with E-state index in [2.05, 4.69) is 39.0 Å². The Kier molecular flexibility index (Phi) is 4.11. The Labute approximate surface area is 86.1 Å². The maximum absolute atomic E-state index is 5.57. The van der Waals surface area contributed by atoms with Crippen molar-refractivity contribution in [1.82, 2.24) is 0 Å². The van der Waals surface area contributed by atoms with Gasteiger partial charge in [0.1, 0.15) is 0 Å². The van der Waals surface area contributed by atoms with Gasteiger partial charge in [0.05, 0.1) is 12.7 Å². The molecule has 0 saturated carbocycles. The second-order valence-electron chi connectivity index (χ2n) is 3.66. The van der Waals surface area contributed by atoms with Crippen molar-refractivity contribution in [2.75, 3.05) is 13.2 Å². The third-order valence-electron chi connectivity index (χ3n) is 2.35. The van der Waals surface area contributed by atoms with Crippen molar-refractivity contribution in [3.8, 4) is 0 Å². The predicted molar refractivity (Wildman–Crippen MR) is 59.3 cm³/mol. The normalized spacial score (nSPS) is 12.9. The highest BCUT2D eigenvalue weighted by Crippen LogP contribution is 2.21. The van der Waals surface area contributed by atoms with E-state index >= 15 is 0 Å². The summed E-state index contributed by atoms with van der Waals surface area (Å²) in [6.45, 7) is 7.48. The highest BCUT2D eigenvalue weighted by molar-refractivity contribution is 5.31. The van der Waals surface area contributed by atoms with E-state index in [1.54, 1.807) is 0 Å². The molecule has 1 unspecified atom stereocenters. The molecule has 0 aromatic heterocycles. The molecule has 2 heteroatoms. The third-order valence-corrected chi connectivity index (χ3v) is 2.35. The summed E-state index contributed by atoms with van der Waals surface area (Å²) in [6, 6.07) is 6.42. The second-order valence-corrected chi connectivity index (χ2v) is 3.66. The molecule has 0 bridgehead atoms. The molecule has 0 spiro atoms. The van der Waals surface area contributed by atoms with Crippen LogP contribution in [0.4, 0.5) is 0 Å². The number of nitrogens with two attached hydrogens (primary N) is 1. The Morgan fingerprint density at radius 1 is 1.36 bits per heavy atom. The fourth-order valence-corrected chi connectivity index (χ4v) is 1.62. The molecule has 0 radical (unpaired) electrons. The van der Waals surface area contributed by atoms with Crippen LogP contribution in [-0.2, 0) is 4.74 Å². The van der Waals surface area contributed by atoms with Crippen molar-refractivity contribution in [3.63, 3.8) is 0 Å². The van der Waals surface area contributed by atoms with Gasteiger partial charge >= 0.3 is 0 Å².